The molecule has 0 aliphatic heterocycles. The second-order valence-corrected chi connectivity index (χ2v) is 3.75. The Morgan fingerprint density at radius 2 is 2.09 bits per heavy atom. The molecule has 0 bridgehead atoms. The Morgan fingerprint density at radius 3 is 2.55 bits per heavy atom. The molecule has 0 saturated carbocycles. The minimum Gasteiger partial charge on any atom is -0.274 e. The van der Waals surface area contributed by atoms with E-state index in [0.717, 1.165) is 0 Å². The van der Waals surface area contributed by atoms with Gasteiger partial charge in [-0.3, -0.25) is 4.79 Å². The number of halogens is 3. The number of pyridine rings is 1. The molecule has 0 fully saturated rings. The zero-order valence-corrected chi connectivity index (χ0v) is 9.07. The highest BCUT2D eigenvalue weighted by molar-refractivity contribution is 9.11. The fraction of sp³-hybridized carbons (Fsp3) is 0. The van der Waals surface area contributed by atoms with Gasteiger partial charge in [0.1, 0.15) is 10.3 Å². The molecule has 11 heavy (non-hydrogen) atoms. The molecule has 0 unspecified atom stereocenters. The summed E-state index contributed by atoms with van der Waals surface area (Å²) in [5, 5.41) is -0.571. The van der Waals surface area contributed by atoms with E-state index in [-0.39, 0.29) is 5.69 Å². The third-order valence-corrected chi connectivity index (χ3v) is 2.26. The van der Waals surface area contributed by atoms with Crippen LogP contribution in [0.1, 0.15) is 10.5 Å². The molecule has 2 nitrogen and oxygen atoms in total. The summed E-state index contributed by atoms with van der Waals surface area (Å²) in [4.78, 5) is 14.5. The van der Waals surface area contributed by atoms with Crippen molar-refractivity contribution in [3.8, 4) is 0 Å². The van der Waals surface area contributed by atoms with Crippen molar-refractivity contribution < 1.29 is 4.79 Å². The molecule has 0 atom stereocenters. The maximum absolute atomic E-state index is 10.7. The Labute approximate surface area is 85.2 Å². The number of carbonyl (C=O) groups excluding carboxylic acids is 1. The summed E-state index contributed by atoms with van der Waals surface area (Å²) in [7, 11) is 0. The van der Waals surface area contributed by atoms with E-state index in [2.05, 4.69) is 36.8 Å². The normalized spacial score (nSPS) is 9.73. The number of aromatic nitrogens is 1. The van der Waals surface area contributed by atoms with Crippen LogP contribution in [0.25, 0.3) is 0 Å². The van der Waals surface area contributed by atoms with Gasteiger partial charge in [-0.05, 0) is 55.6 Å². The lowest BCUT2D eigenvalue weighted by Gasteiger charge is -1.96. The van der Waals surface area contributed by atoms with E-state index in [0.29, 0.717) is 9.08 Å². The summed E-state index contributed by atoms with van der Waals surface area (Å²) < 4.78 is 1.19. The second kappa shape index (κ2) is 3.65. The fourth-order valence-electron chi connectivity index (χ4n) is 0.556. The van der Waals surface area contributed by atoms with Crippen molar-refractivity contribution in [2.75, 3.05) is 0 Å². The predicted octanol–water partition coefficient (Wildman–Crippen LogP) is 2.99. The van der Waals surface area contributed by atoms with Crippen LogP contribution in [0, 0.1) is 0 Å². The van der Waals surface area contributed by atoms with Gasteiger partial charge in [0.2, 0.25) is 0 Å². The standard InChI is InChI=1S/C6H2Br2ClNO/c7-3-1-2-4(8)10-5(3)6(9)11/h1-2H. The van der Waals surface area contributed by atoms with Crippen molar-refractivity contribution in [2.45, 2.75) is 0 Å². The van der Waals surface area contributed by atoms with Crippen molar-refractivity contribution in [3.63, 3.8) is 0 Å². The largest absolute Gasteiger partial charge is 0.274 e. The fourth-order valence-corrected chi connectivity index (χ4v) is 1.52. The summed E-state index contributed by atoms with van der Waals surface area (Å²) in [6.45, 7) is 0. The molecule has 0 spiro atoms. The highest BCUT2D eigenvalue weighted by atomic mass is 79.9. The van der Waals surface area contributed by atoms with Gasteiger partial charge in [-0.25, -0.2) is 4.98 Å². The van der Waals surface area contributed by atoms with Crippen LogP contribution in [0.15, 0.2) is 21.2 Å². The molecule has 0 amide bonds. The number of carbonyl (C=O) groups is 1. The summed E-state index contributed by atoms with van der Waals surface area (Å²) in [5.41, 5.74) is 0.223. The van der Waals surface area contributed by atoms with E-state index < -0.39 is 5.24 Å². The Morgan fingerprint density at radius 1 is 1.45 bits per heavy atom. The lowest BCUT2D eigenvalue weighted by molar-refractivity contribution is 0.107. The molecule has 1 rings (SSSR count). The molecule has 1 heterocycles. The Hall–Kier alpha value is 0.0700. The van der Waals surface area contributed by atoms with Gasteiger partial charge in [0.05, 0.1) is 0 Å². The van der Waals surface area contributed by atoms with E-state index in [9.17, 15) is 4.79 Å². The Kier molecular flexibility index (Phi) is 3.04. The predicted molar refractivity (Wildman–Crippen MR) is 49.8 cm³/mol. The molecule has 5 heteroatoms. The van der Waals surface area contributed by atoms with Crippen molar-refractivity contribution >= 4 is 48.7 Å². The molecule has 0 radical (unpaired) electrons. The van der Waals surface area contributed by atoms with Crippen LogP contribution in [0.4, 0.5) is 0 Å². The van der Waals surface area contributed by atoms with Gasteiger partial charge >= 0.3 is 0 Å². The van der Waals surface area contributed by atoms with E-state index >= 15 is 0 Å². The molecule has 0 N–H and O–H groups in total. The van der Waals surface area contributed by atoms with Gasteiger partial charge in [-0.1, -0.05) is 0 Å². The molecule has 58 valence electrons. The third kappa shape index (κ3) is 2.25. The average Bonchev–Trinajstić information content (AvgIpc) is 1.94. The van der Waals surface area contributed by atoms with Crippen LogP contribution in [-0.4, -0.2) is 10.2 Å². The average molecular weight is 299 g/mol. The lowest BCUT2D eigenvalue weighted by Crippen LogP contribution is -1.95. The molecule has 0 aliphatic carbocycles. The number of rotatable bonds is 1. The summed E-state index contributed by atoms with van der Waals surface area (Å²) >= 11 is 11.5. The van der Waals surface area contributed by atoms with Crippen LogP contribution in [0.5, 0.6) is 0 Å². The molecule has 0 aliphatic rings. The van der Waals surface area contributed by atoms with Gasteiger partial charge in [-0.15, -0.1) is 0 Å². The van der Waals surface area contributed by atoms with Crippen LogP contribution in [-0.2, 0) is 0 Å². The highest BCUT2D eigenvalue weighted by Crippen LogP contribution is 2.19. The number of hydrogen-bond acceptors (Lipinski definition) is 2. The summed E-state index contributed by atoms with van der Waals surface area (Å²) in [5.74, 6) is 0. The molecule has 1 aromatic heterocycles. The van der Waals surface area contributed by atoms with Crippen LogP contribution >= 0.6 is 43.5 Å². The molecular formula is C6H2Br2ClNO. The smallest absolute Gasteiger partial charge is 0.272 e. The quantitative estimate of drug-likeness (QED) is 0.589. The van der Waals surface area contributed by atoms with Crippen LogP contribution < -0.4 is 0 Å². The number of nitrogens with zero attached hydrogens (tertiary/aromatic N) is 1. The zero-order chi connectivity index (χ0) is 8.43. The van der Waals surface area contributed by atoms with E-state index in [1.807, 2.05) is 0 Å². The van der Waals surface area contributed by atoms with Crippen LogP contribution in [0.3, 0.4) is 0 Å². The maximum atomic E-state index is 10.7. The SMILES string of the molecule is O=C(Cl)c1nc(Br)ccc1Br. The van der Waals surface area contributed by atoms with Gasteiger partial charge in [0, 0.05) is 4.47 Å². The number of hydrogen-bond donors (Lipinski definition) is 0. The minimum absolute atomic E-state index is 0.223. The van der Waals surface area contributed by atoms with Crippen LogP contribution in [0.2, 0.25) is 0 Å². The molecule has 0 aromatic carbocycles. The molecular weight excluding hydrogens is 297 g/mol. The van der Waals surface area contributed by atoms with Gasteiger partial charge in [0.15, 0.2) is 0 Å². The maximum Gasteiger partial charge on any atom is 0.272 e. The topological polar surface area (TPSA) is 30.0 Å². The van der Waals surface area contributed by atoms with Crippen molar-refractivity contribution in [2.24, 2.45) is 0 Å². The first kappa shape index (κ1) is 9.16. The minimum atomic E-state index is -0.571. The van der Waals surface area contributed by atoms with Crippen molar-refractivity contribution in [1.82, 2.24) is 4.98 Å². The van der Waals surface area contributed by atoms with Crippen molar-refractivity contribution in [3.05, 3.63) is 26.9 Å². The third-order valence-electron chi connectivity index (χ3n) is 0.998. The molecule has 0 saturated heterocycles. The van der Waals surface area contributed by atoms with E-state index in [1.54, 1.807) is 12.1 Å². The Balaban J connectivity index is 3.23. The summed E-state index contributed by atoms with van der Waals surface area (Å²) in [6.07, 6.45) is 0. The first-order chi connectivity index (χ1) is 5.11. The first-order valence-electron chi connectivity index (χ1n) is 2.63. The first-order valence-corrected chi connectivity index (χ1v) is 4.59. The van der Waals surface area contributed by atoms with E-state index in [1.165, 1.54) is 0 Å². The zero-order valence-electron chi connectivity index (χ0n) is 5.14. The Bertz CT molecular complexity index is 303. The molecule has 1 aromatic rings. The second-order valence-electron chi connectivity index (χ2n) is 1.74. The van der Waals surface area contributed by atoms with Gasteiger partial charge < -0.3 is 0 Å². The van der Waals surface area contributed by atoms with Gasteiger partial charge in [0.25, 0.3) is 5.24 Å². The highest BCUT2D eigenvalue weighted by Gasteiger charge is 2.08. The van der Waals surface area contributed by atoms with E-state index in [4.69, 9.17) is 11.6 Å². The van der Waals surface area contributed by atoms with Crippen molar-refractivity contribution in [1.29, 1.82) is 0 Å². The lowest BCUT2D eigenvalue weighted by atomic mass is 10.4. The summed E-state index contributed by atoms with van der Waals surface area (Å²) in [6, 6.07) is 3.42. The van der Waals surface area contributed by atoms with Gasteiger partial charge in [-0.2, -0.15) is 0 Å². The monoisotopic (exact) mass is 297 g/mol.